The van der Waals surface area contributed by atoms with Crippen LogP contribution in [0.3, 0.4) is 0 Å². The molecule has 0 saturated carbocycles. The third-order valence-electron chi connectivity index (χ3n) is 2.58. The second-order valence-electron chi connectivity index (χ2n) is 4.11. The monoisotopic (exact) mass is 250 g/mol. The first-order valence-electron chi connectivity index (χ1n) is 5.71. The largest absolute Gasteiger partial charge is 0.393 e. The van der Waals surface area contributed by atoms with E-state index in [2.05, 4.69) is 12.2 Å². The van der Waals surface area contributed by atoms with E-state index in [-0.39, 0.29) is 11.8 Å². The zero-order valence-corrected chi connectivity index (χ0v) is 11.0. The number of anilines is 1. The van der Waals surface area contributed by atoms with Gasteiger partial charge in [0.25, 0.3) is 0 Å². The SMILES string of the molecule is CCc1ccc(NC(=O)C(C)CC(N)=S)cc1. The molecule has 0 bridgehead atoms. The lowest BCUT2D eigenvalue weighted by molar-refractivity contribution is -0.119. The van der Waals surface area contributed by atoms with Gasteiger partial charge in [0, 0.05) is 18.0 Å². The Kier molecular flexibility index (Phi) is 5.10. The highest BCUT2D eigenvalue weighted by Crippen LogP contribution is 2.12. The third-order valence-corrected chi connectivity index (χ3v) is 2.75. The summed E-state index contributed by atoms with van der Waals surface area (Å²) >= 11 is 4.79. The Labute approximate surface area is 107 Å². The van der Waals surface area contributed by atoms with Crippen LogP contribution in [0.15, 0.2) is 24.3 Å². The van der Waals surface area contributed by atoms with Gasteiger partial charge in [-0.05, 0) is 24.1 Å². The summed E-state index contributed by atoms with van der Waals surface area (Å²) in [7, 11) is 0. The van der Waals surface area contributed by atoms with Gasteiger partial charge in [-0.25, -0.2) is 0 Å². The van der Waals surface area contributed by atoms with Crippen LogP contribution in [0.4, 0.5) is 5.69 Å². The van der Waals surface area contributed by atoms with Crippen molar-refractivity contribution in [3.63, 3.8) is 0 Å². The lowest BCUT2D eigenvalue weighted by atomic mass is 10.1. The summed E-state index contributed by atoms with van der Waals surface area (Å²) in [5, 5.41) is 2.84. The Bertz CT molecular complexity index is 400. The normalized spacial score (nSPS) is 11.9. The van der Waals surface area contributed by atoms with Crippen LogP contribution in [0.25, 0.3) is 0 Å². The van der Waals surface area contributed by atoms with Crippen molar-refractivity contribution in [1.29, 1.82) is 0 Å². The van der Waals surface area contributed by atoms with Crippen molar-refractivity contribution in [1.82, 2.24) is 0 Å². The smallest absolute Gasteiger partial charge is 0.227 e. The molecule has 0 aliphatic rings. The summed E-state index contributed by atoms with van der Waals surface area (Å²) in [5.41, 5.74) is 7.47. The number of benzene rings is 1. The van der Waals surface area contributed by atoms with Crippen LogP contribution in [0.1, 0.15) is 25.8 Å². The molecule has 3 nitrogen and oxygen atoms in total. The van der Waals surface area contributed by atoms with Crippen molar-refractivity contribution < 1.29 is 4.79 Å². The molecule has 1 atom stereocenters. The van der Waals surface area contributed by atoms with Crippen molar-refractivity contribution in [2.75, 3.05) is 5.32 Å². The van der Waals surface area contributed by atoms with Crippen LogP contribution in [0.5, 0.6) is 0 Å². The topological polar surface area (TPSA) is 55.1 Å². The standard InChI is InChI=1S/C13H18N2OS/c1-3-10-4-6-11(7-5-10)15-13(16)9(2)8-12(14)17/h4-7,9H,3,8H2,1-2H3,(H2,14,17)(H,15,16). The first kappa shape index (κ1) is 13.6. The molecule has 17 heavy (non-hydrogen) atoms. The van der Waals surface area contributed by atoms with Crippen molar-refractivity contribution in [2.24, 2.45) is 11.7 Å². The number of amides is 1. The average Bonchev–Trinajstić information content (AvgIpc) is 2.29. The van der Waals surface area contributed by atoms with E-state index in [1.807, 2.05) is 31.2 Å². The summed E-state index contributed by atoms with van der Waals surface area (Å²) in [6.07, 6.45) is 1.43. The van der Waals surface area contributed by atoms with Crippen LogP contribution in [-0.4, -0.2) is 10.9 Å². The van der Waals surface area contributed by atoms with Gasteiger partial charge in [0.05, 0.1) is 4.99 Å². The summed E-state index contributed by atoms with van der Waals surface area (Å²) in [5.74, 6) is -0.250. The predicted molar refractivity (Wildman–Crippen MR) is 75.0 cm³/mol. The molecule has 0 aliphatic carbocycles. The average molecular weight is 250 g/mol. The highest BCUT2D eigenvalue weighted by molar-refractivity contribution is 7.80. The molecule has 0 heterocycles. The van der Waals surface area contributed by atoms with E-state index in [4.69, 9.17) is 18.0 Å². The van der Waals surface area contributed by atoms with E-state index in [9.17, 15) is 4.79 Å². The second-order valence-corrected chi connectivity index (χ2v) is 4.64. The summed E-state index contributed by atoms with van der Waals surface area (Å²) < 4.78 is 0. The van der Waals surface area contributed by atoms with E-state index in [1.165, 1.54) is 5.56 Å². The van der Waals surface area contributed by atoms with E-state index in [0.717, 1.165) is 12.1 Å². The number of nitrogens with one attached hydrogen (secondary N) is 1. The molecule has 1 unspecified atom stereocenters. The number of hydrogen-bond acceptors (Lipinski definition) is 2. The van der Waals surface area contributed by atoms with Gasteiger partial charge in [0.2, 0.25) is 5.91 Å². The van der Waals surface area contributed by atoms with E-state index < -0.39 is 0 Å². The van der Waals surface area contributed by atoms with E-state index in [1.54, 1.807) is 0 Å². The predicted octanol–water partition coefficient (Wildman–Crippen LogP) is 2.50. The van der Waals surface area contributed by atoms with Gasteiger partial charge >= 0.3 is 0 Å². The number of nitrogens with two attached hydrogens (primary N) is 1. The van der Waals surface area contributed by atoms with Gasteiger partial charge in [-0.1, -0.05) is 38.2 Å². The first-order chi connectivity index (χ1) is 8.02. The molecule has 1 aromatic rings. The van der Waals surface area contributed by atoms with Gasteiger partial charge in [-0.15, -0.1) is 0 Å². The minimum Gasteiger partial charge on any atom is -0.393 e. The third kappa shape index (κ3) is 4.53. The van der Waals surface area contributed by atoms with Gasteiger partial charge in [0.15, 0.2) is 0 Å². The second kappa shape index (κ2) is 6.35. The van der Waals surface area contributed by atoms with E-state index >= 15 is 0 Å². The molecule has 1 amide bonds. The Morgan fingerprint density at radius 1 is 1.41 bits per heavy atom. The van der Waals surface area contributed by atoms with Crippen molar-refractivity contribution >= 4 is 28.8 Å². The molecule has 0 spiro atoms. The lowest BCUT2D eigenvalue weighted by Crippen LogP contribution is -2.24. The van der Waals surface area contributed by atoms with Crippen LogP contribution in [-0.2, 0) is 11.2 Å². The van der Waals surface area contributed by atoms with Gasteiger partial charge in [-0.2, -0.15) is 0 Å². The maximum absolute atomic E-state index is 11.8. The summed E-state index contributed by atoms with van der Waals surface area (Å²) in [6.45, 7) is 3.91. The molecule has 0 aliphatic heterocycles. The highest BCUT2D eigenvalue weighted by atomic mass is 32.1. The molecular formula is C13H18N2OS. The number of thiocarbonyl (C=S) groups is 1. The molecule has 0 saturated heterocycles. The Morgan fingerprint density at radius 3 is 2.47 bits per heavy atom. The molecule has 1 rings (SSSR count). The van der Waals surface area contributed by atoms with Crippen LogP contribution in [0, 0.1) is 5.92 Å². The minimum absolute atomic E-state index is 0.0537. The van der Waals surface area contributed by atoms with Crippen LogP contribution in [0.2, 0.25) is 0 Å². The Morgan fingerprint density at radius 2 is 2.00 bits per heavy atom. The number of aryl methyl sites for hydroxylation is 1. The number of carbonyl (C=O) groups excluding carboxylic acids is 1. The quantitative estimate of drug-likeness (QED) is 0.789. The van der Waals surface area contributed by atoms with Gasteiger partial charge in [-0.3, -0.25) is 4.79 Å². The fourth-order valence-electron chi connectivity index (χ4n) is 1.48. The molecule has 4 heteroatoms. The zero-order valence-electron chi connectivity index (χ0n) is 10.2. The highest BCUT2D eigenvalue weighted by Gasteiger charge is 2.13. The molecular weight excluding hydrogens is 232 g/mol. The number of rotatable bonds is 5. The summed E-state index contributed by atoms with van der Waals surface area (Å²) in [4.78, 5) is 12.1. The fourth-order valence-corrected chi connectivity index (χ4v) is 1.73. The zero-order chi connectivity index (χ0) is 12.8. The Balaban J connectivity index is 2.58. The molecule has 0 radical (unpaired) electrons. The van der Waals surface area contributed by atoms with Crippen molar-refractivity contribution in [2.45, 2.75) is 26.7 Å². The molecule has 0 fully saturated rings. The maximum Gasteiger partial charge on any atom is 0.227 e. The molecule has 1 aromatic carbocycles. The van der Waals surface area contributed by atoms with E-state index in [0.29, 0.717) is 11.4 Å². The summed E-state index contributed by atoms with van der Waals surface area (Å²) in [6, 6.07) is 7.83. The molecule has 0 aromatic heterocycles. The van der Waals surface area contributed by atoms with Crippen LogP contribution >= 0.6 is 12.2 Å². The molecule has 3 N–H and O–H groups in total. The lowest BCUT2D eigenvalue weighted by Gasteiger charge is -2.11. The minimum atomic E-state index is -0.196. The first-order valence-corrected chi connectivity index (χ1v) is 6.12. The molecule has 92 valence electrons. The van der Waals surface area contributed by atoms with Crippen molar-refractivity contribution in [3.05, 3.63) is 29.8 Å². The maximum atomic E-state index is 11.8. The fraction of sp³-hybridized carbons (Fsp3) is 0.385. The number of hydrogen-bond donors (Lipinski definition) is 2. The van der Waals surface area contributed by atoms with Gasteiger partial charge in [0.1, 0.15) is 0 Å². The number of carbonyl (C=O) groups is 1. The van der Waals surface area contributed by atoms with Crippen molar-refractivity contribution in [3.8, 4) is 0 Å². The van der Waals surface area contributed by atoms with Crippen LogP contribution < -0.4 is 11.1 Å². The van der Waals surface area contributed by atoms with Gasteiger partial charge < -0.3 is 11.1 Å². The Hall–Kier alpha value is -1.42.